The smallest absolute Gasteiger partial charge is 0.265 e. The number of ether oxygens (including phenoxy) is 1. The van der Waals surface area contributed by atoms with Crippen LogP contribution in [0.25, 0.3) is 0 Å². The number of carbonyl (C=O) groups excluding carboxylic acids is 1. The Balaban J connectivity index is 1.64. The fraction of sp³-hybridized carbons (Fsp3) is 0.381. The summed E-state index contributed by atoms with van der Waals surface area (Å²) >= 11 is 3.46. The molecule has 0 spiro atoms. The molecule has 0 aromatic heterocycles. The van der Waals surface area contributed by atoms with E-state index in [1.807, 2.05) is 39.0 Å². The number of amides is 1. The van der Waals surface area contributed by atoms with Crippen LogP contribution in [0.15, 0.2) is 51.8 Å². The average Bonchev–Trinajstić information content (AvgIpc) is 3.00. The van der Waals surface area contributed by atoms with Gasteiger partial charge in [-0.3, -0.25) is 4.79 Å². The summed E-state index contributed by atoms with van der Waals surface area (Å²) in [6.07, 6.45) is 1.51. The van der Waals surface area contributed by atoms with E-state index in [0.29, 0.717) is 12.2 Å². The second kappa shape index (κ2) is 8.85. The average molecular weight is 481 g/mol. The highest BCUT2D eigenvalue weighted by Crippen LogP contribution is 2.34. The fourth-order valence-corrected chi connectivity index (χ4v) is 5.06. The molecule has 6 nitrogen and oxygen atoms in total. The molecule has 0 radical (unpaired) electrons. The van der Waals surface area contributed by atoms with E-state index in [9.17, 15) is 13.2 Å². The third-order valence-corrected chi connectivity index (χ3v) is 7.09. The number of hydrogen-bond donors (Lipinski definition) is 1. The van der Waals surface area contributed by atoms with Gasteiger partial charge in [0.05, 0.1) is 4.90 Å². The molecule has 2 aromatic carbocycles. The molecule has 0 fully saturated rings. The molecule has 0 bridgehead atoms. The van der Waals surface area contributed by atoms with Crippen LogP contribution >= 0.6 is 15.9 Å². The normalized spacial score (nSPS) is 17.1. The van der Waals surface area contributed by atoms with Crippen LogP contribution in [0.2, 0.25) is 0 Å². The van der Waals surface area contributed by atoms with Crippen LogP contribution in [0.1, 0.15) is 32.8 Å². The third kappa shape index (κ3) is 4.99. The highest BCUT2D eigenvalue weighted by molar-refractivity contribution is 9.10. The van der Waals surface area contributed by atoms with Crippen molar-refractivity contribution in [2.45, 2.75) is 50.6 Å². The minimum Gasteiger partial charge on any atom is -0.484 e. The number of nitrogens with one attached hydrogen (secondary N) is 1. The van der Waals surface area contributed by atoms with E-state index in [1.165, 1.54) is 12.1 Å². The van der Waals surface area contributed by atoms with Crippen LogP contribution < -0.4 is 14.4 Å². The molecule has 1 N–H and O–H groups in total. The lowest BCUT2D eigenvalue weighted by molar-refractivity contribution is -0.120. The van der Waals surface area contributed by atoms with Gasteiger partial charge in [0.1, 0.15) is 5.75 Å². The lowest BCUT2D eigenvalue weighted by Crippen LogP contribution is -2.39. The van der Waals surface area contributed by atoms with Gasteiger partial charge < -0.3 is 9.64 Å². The van der Waals surface area contributed by atoms with Crippen molar-refractivity contribution in [3.05, 3.63) is 52.5 Å². The summed E-state index contributed by atoms with van der Waals surface area (Å²) in [4.78, 5) is 14.7. The van der Waals surface area contributed by atoms with E-state index in [4.69, 9.17) is 4.74 Å². The van der Waals surface area contributed by atoms with Crippen molar-refractivity contribution < 1.29 is 17.9 Å². The number of rotatable bonds is 7. The molecule has 1 heterocycles. The highest BCUT2D eigenvalue weighted by atomic mass is 79.9. The quantitative estimate of drug-likeness (QED) is 0.652. The molecule has 0 aliphatic carbocycles. The van der Waals surface area contributed by atoms with Gasteiger partial charge >= 0.3 is 0 Å². The van der Waals surface area contributed by atoms with E-state index in [1.54, 1.807) is 17.0 Å². The monoisotopic (exact) mass is 480 g/mol. The first-order valence-electron chi connectivity index (χ1n) is 9.57. The first-order valence-corrected chi connectivity index (χ1v) is 11.8. The molecule has 0 saturated carbocycles. The van der Waals surface area contributed by atoms with E-state index in [-0.39, 0.29) is 29.5 Å². The van der Waals surface area contributed by atoms with Crippen LogP contribution in [0.3, 0.4) is 0 Å². The number of carbonyl (C=O) groups is 1. The van der Waals surface area contributed by atoms with Crippen LogP contribution in [-0.2, 0) is 21.2 Å². The molecule has 8 heteroatoms. The Bertz CT molecular complexity index is 992. The number of halogens is 1. The standard InChI is InChI=1S/C21H25BrN2O4S/c1-4-14(2)23-29(26,27)19-8-6-18(7-9-19)28-13-21(25)24-15(3)11-16-12-17(22)5-10-20(16)24/h5-10,12,14-15,23H,4,11,13H2,1-3H3/t14-,15-/m0/s1. The Hall–Kier alpha value is -1.90. The van der Waals surface area contributed by atoms with Crippen molar-refractivity contribution >= 4 is 37.5 Å². The van der Waals surface area contributed by atoms with Gasteiger partial charge in [-0.05, 0) is 74.7 Å². The maximum atomic E-state index is 12.7. The first-order chi connectivity index (χ1) is 13.7. The maximum Gasteiger partial charge on any atom is 0.265 e. The topological polar surface area (TPSA) is 75.7 Å². The Morgan fingerprint density at radius 1 is 1.28 bits per heavy atom. The first kappa shape index (κ1) is 21.8. The summed E-state index contributed by atoms with van der Waals surface area (Å²) in [5.41, 5.74) is 2.04. The minimum absolute atomic E-state index is 0.0644. The van der Waals surface area contributed by atoms with Crippen molar-refractivity contribution in [1.29, 1.82) is 0 Å². The molecular formula is C21H25BrN2O4S. The molecule has 156 valence electrons. The molecule has 3 rings (SSSR count). The van der Waals surface area contributed by atoms with Gasteiger partial charge in [0.15, 0.2) is 6.61 Å². The maximum absolute atomic E-state index is 12.7. The number of fused-ring (bicyclic) bond motifs is 1. The lowest BCUT2D eigenvalue weighted by atomic mass is 10.1. The predicted octanol–water partition coefficient (Wildman–Crippen LogP) is 3.88. The number of nitrogens with zero attached hydrogens (tertiary/aromatic N) is 1. The van der Waals surface area contributed by atoms with Gasteiger partial charge in [-0.15, -0.1) is 0 Å². The summed E-state index contributed by atoms with van der Waals surface area (Å²) in [6.45, 7) is 5.63. The second-order valence-corrected chi connectivity index (χ2v) is 9.91. The van der Waals surface area contributed by atoms with Gasteiger partial charge in [0.2, 0.25) is 10.0 Å². The summed E-state index contributed by atoms with van der Waals surface area (Å²) in [6, 6.07) is 11.9. The summed E-state index contributed by atoms with van der Waals surface area (Å²) < 4.78 is 33.9. The molecular weight excluding hydrogens is 456 g/mol. The Kier molecular flexibility index (Phi) is 6.65. The van der Waals surface area contributed by atoms with E-state index >= 15 is 0 Å². The molecule has 0 saturated heterocycles. The number of hydrogen-bond acceptors (Lipinski definition) is 4. The molecule has 1 aliphatic heterocycles. The number of benzene rings is 2. The summed E-state index contributed by atoms with van der Waals surface area (Å²) in [5.74, 6) is 0.317. The second-order valence-electron chi connectivity index (χ2n) is 7.28. The van der Waals surface area contributed by atoms with Gasteiger partial charge in [-0.2, -0.15) is 0 Å². The molecule has 1 aliphatic rings. The lowest BCUT2D eigenvalue weighted by Gasteiger charge is -2.22. The molecule has 29 heavy (non-hydrogen) atoms. The van der Waals surface area contributed by atoms with Gasteiger partial charge in [-0.25, -0.2) is 13.1 Å². The SMILES string of the molecule is CC[C@H](C)NS(=O)(=O)c1ccc(OCC(=O)N2c3ccc(Br)cc3C[C@@H]2C)cc1. The Labute approximate surface area is 180 Å². The Morgan fingerprint density at radius 3 is 2.62 bits per heavy atom. The van der Waals surface area contributed by atoms with Crippen LogP contribution in [-0.4, -0.2) is 33.0 Å². The van der Waals surface area contributed by atoms with Crippen molar-refractivity contribution in [3.63, 3.8) is 0 Å². The van der Waals surface area contributed by atoms with Crippen molar-refractivity contribution in [1.82, 2.24) is 4.72 Å². The van der Waals surface area contributed by atoms with E-state index < -0.39 is 10.0 Å². The largest absolute Gasteiger partial charge is 0.484 e. The van der Waals surface area contributed by atoms with Gasteiger partial charge in [0, 0.05) is 22.2 Å². The van der Waals surface area contributed by atoms with E-state index in [2.05, 4.69) is 20.7 Å². The third-order valence-electron chi connectivity index (χ3n) is 4.99. The summed E-state index contributed by atoms with van der Waals surface area (Å²) in [7, 11) is -3.56. The minimum atomic E-state index is -3.56. The van der Waals surface area contributed by atoms with Gasteiger partial charge in [0.25, 0.3) is 5.91 Å². The van der Waals surface area contributed by atoms with Crippen LogP contribution in [0, 0.1) is 0 Å². The fourth-order valence-electron chi connectivity index (χ4n) is 3.33. The van der Waals surface area contributed by atoms with Gasteiger partial charge in [-0.1, -0.05) is 22.9 Å². The summed E-state index contributed by atoms with van der Waals surface area (Å²) in [5, 5.41) is 0. The molecule has 2 atom stereocenters. The van der Waals surface area contributed by atoms with Crippen LogP contribution in [0.5, 0.6) is 5.75 Å². The predicted molar refractivity (Wildman–Crippen MR) is 117 cm³/mol. The Morgan fingerprint density at radius 2 is 1.97 bits per heavy atom. The molecule has 1 amide bonds. The number of sulfonamides is 1. The van der Waals surface area contributed by atoms with Crippen LogP contribution in [0.4, 0.5) is 5.69 Å². The van der Waals surface area contributed by atoms with Crippen molar-refractivity contribution in [2.24, 2.45) is 0 Å². The zero-order valence-electron chi connectivity index (χ0n) is 16.7. The zero-order chi connectivity index (χ0) is 21.2. The molecule has 2 aromatic rings. The molecule has 0 unspecified atom stereocenters. The van der Waals surface area contributed by atoms with Crippen molar-refractivity contribution in [2.75, 3.05) is 11.5 Å². The van der Waals surface area contributed by atoms with E-state index in [0.717, 1.165) is 22.1 Å². The van der Waals surface area contributed by atoms with Crippen molar-refractivity contribution in [3.8, 4) is 5.75 Å². The highest BCUT2D eigenvalue weighted by Gasteiger charge is 2.31. The zero-order valence-corrected chi connectivity index (χ0v) is 19.1. The number of anilines is 1.